The first kappa shape index (κ1) is 8.32. The van der Waals surface area contributed by atoms with Gasteiger partial charge in [0.05, 0.1) is 5.69 Å². The number of carbonyl (C=O) groups is 1. The third kappa shape index (κ3) is 1.33. The molecular weight excluding hydrogens is 186 g/mol. The number of carbonyl (C=O) groups excluding carboxylic acids is 1. The maximum absolute atomic E-state index is 10.9. The van der Waals surface area contributed by atoms with E-state index in [2.05, 4.69) is 4.98 Å². The summed E-state index contributed by atoms with van der Waals surface area (Å²) < 4.78 is 0. The normalized spacial score (nSPS) is 10.6. The van der Waals surface area contributed by atoms with Crippen molar-refractivity contribution in [3.63, 3.8) is 0 Å². The number of hydrogen-bond donors (Lipinski definition) is 1. The molecular formula is C10H8ClNO. The topological polar surface area (TPSA) is 32.9 Å². The predicted molar refractivity (Wildman–Crippen MR) is 53.2 cm³/mol. The smallest absolute Gasteiger partial charge is 0.268 e. The molecule has 13 heavy (non-hydrogen) atoms. The number of rotatable bonds is 1. The third-order valence-electron chi connectivity index (χ3n) is 2.09. The summed E-state index contributed by atoms with van der Waals surface area (Å²) in [5.74, 6) is 0. The molecule has 66 valence electrons. The maximum atomic E-state index is 10.9. The van der Waals surface area contributed by atoms with E-state index in [1.54, 1.807) is 6.07 Å². The molecule has 0 aliphatic rings. The fourth-order valence-corrected chi connectivity index (χ4v) is 1.51. The van der Waals surface area contributed by atoms with E-state index in [1.807, 2.05) is 25.1 Å². The van der Waals surface area contributed by atoms with Gasteiger partial charge in [-0.1, -0.05) is 12.1 Å². The van der Waals surface area contributed by atoms with Crippen LogP contribution in [0.1, 0.15) is 16.1 Å². The number of nitrogens with one attached hydrogen (secondary N) is 1. The predicted octanol–water partition coefficient (Wildman–Crippen LogP) is 2.86. The van der Waals surface area contributed by atoms with Crippen LogP contribution in [0.4, 0.5) is 0 Å². The summed E-state index contributed by atoms with van der Waals surface area (Å²) in [5.41, 5.74) is 2.54. The van der Waals surface area contributed by atoms with Crippen molar-refractivity contribution in [2.45, 2.75) is 6.92 Å². The molecule has 1 heterocycles. The van der Waals surface area contributed by atoms with Crippen molar-refractivity contribution in [2.75, 3.05) is 0 Å². The third-order valence-corrected chi connectivity index (χ3v) is 2.30. The van der Waals surface area contributed by atoms with Gasteiger partial charge in [0.15, 0.2) is 0 Å². The molecule has 0 saturated heterocycles. The van der Waals surface area contributed by atoms with Crippen LogP contribution in [0.15, 0.2) is 24.3 Å². The molecule has 0 radical (unpaired) electrons. The van der Waals surface area contributed by atoms with Crippen LogP contribution in [0, 0.1) is 6.92 Å². The molecule has 0 spiro atoms. The van der Waals surface area contributed by atoms with E-state index in [0.717, 1.165) is 16.5 Å². The maximum Gasteiger partial charge on any atom is 0.268 e. The minimum Gasteiger partial charge on any atom is -0.351 e. The molecule has 2 nitrogen and oxygen atoms in total. The summed E-state index contributed by atoms with van der Waals surface area (Å²) in [6.45, 7) is 2.00. The molecule has 3 heteroatoms. The second-order valence-electron chi connectivity index (χ2n) is 2.99. The molecule has 0 aliphatic heterocycles. The summed E-state index contributed by atoms with van der Waals surface area (Å²) in [7, 11) is 0. The second kappa shape index (κ2) is 2.89. The Morgan fingerprint density at radius 2 is 2.23 bits per heavy atom. The molecule has 2 rings (SSSR count). The lowest BCUT2D eigenvalue weighted by Crippen LogP contribution is -1.85. The summed E-state index contributed by atoms with van der Waals surface area (Å²) in [6, 6.07) is 7.64. The number of halogens is 1. The first-order valence-corrected chi connectivity index (χ1v) is 4.34. The first-order valence-electron chi connectivity index (χ1n) is 3.96. The van der Waals surface area contributed by atoms with Gasteiger partial charge in [-0.3, -0.25) is 4.79 Å². The molecule has 0 amide bonds. The lowest BCUT2D eigenvalue weighted by atomic mass is 10.1. The van der Waals surface area contributed by atoms with E-state index in [-0.39, 0.29) is 0 Å². The van der Waals surface area contributed by atoms with Gasteiger partial charge in [-0.25, -0.2) is 0 Å². The fraction of sp³-hybridized carbons (Fsp3) is 0.100. The summed E-state index contributed by atoms with van der Waals surface area (Å²) in [5, 5.41) is 0.599. The summed E-state index contributed by atoms with van der Waals surface area (Å²) >= 11 is 5.36. The van der Waals surface area contributed by atoms with E-state index in [0.29, 0.717) is 5.69 Å². The molecule has 0 atom stereocenters. The number of benzene rings is 1. The van der Waals surface area contributed by atoms with Gasteiger partial charge in [0, 0.05) is 10.9 Å². The van der Waals surface area contributed by atoms with Gasteiger partial charge in [0.1, 0.15) is 0 Å². The molecule has 1 aromatic carbocycles. The lowest BCUT2D eigenvalue weighted by molar-refractivity contribution is 0.107. The van der Waals surface area contributed by atoms with E-state index >= 15 is 0 Å². The highest BCUT2D eigenvalue weighted by Gasteiger charge is 2.06. The number of aromatic nitrogens is 1. The van der Waals surface area contributed by atoms with Crippen LogP contribution >= 0.6 is 11.6 Å². The Labute approximate surface area is 80.5 Å². The highest BCUT2D eigenvalue weighted by molar-refractivity contribution is 6.67. The SMILES string of the molecule is Cc1cccc2[nH]c(C(=O)Cl)cc12. The standard InChI is InChI=1S/C10H8ClNO/c1-6-3-2-4-8-7(6)5-9(12-8)10(11)13/h2-5,12H,1H3. The van der Waals surface area contributed by atoms with Crippen molar-refractivity contribution in [3.8, 4) is 0 Å². The fourth-order valence-electron chi connectivity index (χ4n) is 1.41. The summed E-state index contributed by atoms with van der Waals surface area (Å²) in [4.78, 5) is 13.8. The molecule has 0 saturated carbocycles. The molecule has 1 N–H and O–H groups in total. The van der Waals surface area contributed by atoms with Crippen LogP contribution < -0.4 is 0 Å². The Bertz CT molecular complexity index is 473. The Kier molecular flexibility index (Phi) is 1.85. The molecule has 0 unspecified atom stereocenters. The number of aryl methyl sites for hydroxylation is 1. The molecule has 0 fully saturated rings. The zero-order valence-electron chi connectivity index (χ0n) is 7.10. The van der Waals surface area contributed by atoms with Gasteiger partial charge >= 0.3 is 0 Å². The number of hydrogen-bond acceptors (Lipinski definition) is 1. The first-order chi connectivity index (χ1) is 6.18. The number of aromatic amines is 1. The Balaban J connectivity index is 2.75. The highest BCUT2D eigenvalue weighted by atomic mass is 35.5. The zero-order chi connectivity index (χ0) is 9.42. The largest absolute Gasteiger partial charge is 0.351 e. The van der Waals surface area contributed by atoms with Crippen molar-refractivity contribution in [1.29, 1.82) is 0 Å². The van der Waals surface area contributed by atoms with Gasteiger partial charge < -0.3 is 4.98 Å². The second-order valence-corrected chi connectivity index (χ2v) is 3.34. The van der Waals surface area contributed by atoms with Crippen LogP contribution in [0.25, 0.3) is 10.9 Å². The number of H-pyrrole nitrogens is 1. The van der Waals surface area contributed by atoms with Crippen LogP contribution in [0.5, 0.6) is 0 Å². The number of fused-ring (bicyclic) bond motifs is 1. The Morgan fingerprint density at radius 3 is 2.85 bits per heavy atom. The van der Waals surface area contributed by atoms with E-state index in [4.69, 9.17) is 11.6 Å². The van der Waals surface area contributed by atoms with Gasteiger partial charge in [-0.2, -0.15) is 0 Å². The zero-order valence-corrected chi connectivity index (χ0v) is 7.85. The van der Waals surface area contributed by atoms with Crippen LogP contribution in [-0.2, 0) is 0 Å². The van der Waals surface area contributed by atoms with Gasteiger partial charge in [0.25, 0.3) is 5.24 Å². The quantitative estimate of drug-likeness (QED) is 0.695. The lowest BCUT2D eigenvalue weighted by Gasteiger charge is -1.92. The minimum atomic E-state index is -0.449. The Hall–Kier alpha value is -1.28. The van der Waals surface area contributed by atoms with E-state index in [9.17, 15) is 4.79 Å². The van der Waals surface area contributed by atoms with E-state index < -0.39 is 5.24 Å². The molecule has 2 aromatic rings. The van der Waals surface area contributed by atoms with Gasteiger partial charge in [-0.15, -0.1) is 0 Å². The van der Waals surface area contributed by atoms with E-state index in [1.165, 1.54) is 0 Å². The minimum absolute atomic E-state index is 0.449. The average molecular weight is 194 g/mol. The summed E-state index contributed by atoms with van der Waals surface area (Å²) in [6.07, 6.45) is 0. The Morgan fingerprint density at radius 1 is 1.46 bits per heavy atom. The average Bonchev–Trinajstić information content (AvgIpc) is 2.49. The molecule has 0 aliphatic carbocycles. The van der Waals surface area contributed by atoms with Crippen LogP contribution in [-0.4, -0.2) is 10.2 Å². The molecule has 1 aromatic heterocycles. The van der Waals surface area contributed by atoms with Crippen molar-refractivity contribution < 1.29 is 4.79 Å². The monoisotopic (exact) mass is 193 g/mol. The van der Waals surface area contributed by atoms with Crippen molar-refractivity contribution >= 4 is 27.7 Å². The van der Waals surface area contributed by atoms with Crippen LogP contribution in [0.2, 0.25) is 0 Å². The highest BCUT2D eigenvalue weighted by Crippen LogP contribution is 2.19. The van der Waals surface area contributed by atoms with Gasteiger partial charge in [-0.05, 0) is 36.2 Å². The van der Waals surface area contributed by atoms with Crippen molar-refractivity contribution in [2.24, 2.45) is 0 Å². The molecule has 0 bridgehead atoms. The van der Waals surface area contributed by atoms with Crippen molar-refractivity contribution in [1.82, 2.24) is 4.98 Å². The van der Waals surface area contributed by atoms with Crippen LogP contribution in [0.3, 0.4) is 0 Å². The van der Waals surface area contributed by atoms with Crippen molar-refractivity contribution in [3.05, 3.63) is 35.5 Å². The van der Waals surface area contributed by atoms with Gasteiger partial charge in [0.2, 0.25) is 0 Å².